The zero-order chi connectivity index (χ0) is 24.8. The molecule has 0 saturated carbocycles. The summed E-state index contributed by atoms with van der Waals surface area (Å²) in [5.41, 5.74) is 2.34. The Bertz CT molecular complexity index is 1350. The summed E-state index contributed by atoms with van der Waals surface area (Å²) in [7, 11) is 0. The summed E-state index contributed by atoms with van der Waals surface area (Å²) in [5, 5.41) is 18.0. The molecule has 0 bridgehead atoms. The molecule has 9 nitrogen and oxygen atoms in total. The molecule has 1 aromatic heterocycles. The first-order chi connectivity index (χ1) is 16.9. The molecule has 0 fully saturated rings. The molecule has 0 radical (unpaired) electrons. The van der Waals surface area contributed by atoms with Crippen LogP contribution in [0.15, 0.2) is 83.6 Å². The predicted octanol–water partition coefficient (Wildman–Crippen LogP) is 5.73. The third-order valence-corrected chi connectivity index (χ3v) is 5.56. The van der Waals surface area contributed by atoms with Crippen LogP contribution in [0.25, 0.3) is 0 Å². The highest BCUT2D eigenvalue weighted by atomic mass is 79.9. The van der Waals surface area contributed by atoms with E-state index >= 15 is 0 Å². The Kier molecular flexibility index (Phi) is 7.41. The lowest BCUT2D eigenvalue weighted by Gasteiger charge is -2.09. The highest BCUT2D eigenvalue weighted by molar-refractivity contribution is 9.10. The lowest BCUT2D eigenvalue weighted by atomic mass is 10.1. The topological polar surface area (TPSA) is 109 Å². The van der Waals surface area contributed by atoms with Crippen LogP contribution in [0.2, 0.25) is 0 Å². The zero-order valence-electron chi connectivity index (χ0n) is 18.7. The maximum absolute atomic E-state index is 12.7. The van der Waals surface area contributed by atoms with E-state index in [1.54, 1.807) is 54.3 Å². The number of anilines is 1. The van der Waals surface area contributed by atoms with Crippen molar-refractivity contribution in [3.05, 3.63) is 110 Å². The molecular formula is C25H21BrN4O5. The number of halogens is 1. The fourth-order valence-corrected chi connectivity index (χ4v) is 3.53. The van der Waals surface area contributed by atoms with E-state index < -0.39 is 4.92 Å². The molecular weight excluding hydrogens is 516 g/mol. The van der Waals surface area contributed by atoms with Gasteiger partial charge in [-0.05, 0) is 61.0 Å². The Balaban J connectivity index is 1.33. The number of aromatic nitrogens is 2. The monoisotopic (exact) mass is 536 g/mol. The lowest BCUT2D eigenvalue weighted by Crippen LogP contribution is -2.12. The Labute approximate surface area is 209 Å². The molecule has 0 spiro atoms. The van der Waals surface area contributed by atoms with E-state index in [9.17, 15) is 14.9 Å². The second-order valence-electron chi connectivity index (χ2n) is 7.64. The van der Waals surface area contributed by atoms with Crippen molar-refractivity contribution in [1.29, 1.82) is 0 Å². The van der Waals surface area contributed by atoms with Crippen molar-refractivity contribution in [2.45, 2.75) is 20.3 Å². The number of nitro groups is 1. The van der Waals surface area contributed by atoms with Crippen LogP contribution < -0.4 is 14.8 Å². The summed E-state index contributed by atoms with van der Waals surface area (Å²) < 4.78 is 14.0. The lowest BCUT2D eigenvalue weighted by molar-refractivity contribution is -0.385. The molecule has 35 heavy (non-hydrogen) atoms. The molecule has 0 aliphatic heterocycles. The molecule has 0 saturated heterocycles. The molecule has 0 aliphatic rings. The highest BCUT2D eigenvalue weighted by Crippen LogP contribution is 2.24. The molecule has 0 unspecified atom stereocenters. The van der Waals surface area contributed by atoms with Gasteiger partial charge in [0.25, 0.3) is 11.6 Å². The predicted molar refractivity (Wildman–Crippen MR) is 134 cm³/mol. The number of nitrogens with zero attached hydrogens (tertiary/aromatic N) is 3. The fourth-order valence-electron chi connectivity index (χ4n) is 3.27. The third-order valence-electron chi connectivity index (χ3n) is 5.03. The molecule has 4 aromatic rings. The second kappa shape index (κ2) is 10.8. The average molecular weight is 537 g/mol. The zero-order valence-corrected chi connectivity index (χ0v) is 20.3. The van der Waals surface area contributed by atoms with E-state index in [-0.39, 0.29) is 24.9 Å². The average Bonchev–Trinajstić information content (AvgIpc) is 3.29. The van der Waals surface area contributed by atoms with Crippen molar-refractivity contribution in [2.24, 2.45) is 0 Å². The minimum absolute atomic E-state index is 0.0409. The molecule has 178 valence electrons. The van der Waals surface area contributed by atoms with Crippen molar-refractivity contribution < 1.29 is 19.2 Å². The van der Waals surface area contributed by atoms with Crippen LogP contribution in [0.1, 0.15) is 21.5 Å². The van der Waals surface area contributed by atoms with Gasteiger partial charge in [0.1, 0.15) is 18.1 Å². The quantitative estimate of drug-likeness (QED) is 0.216. The minimum atomic E-state index is -0.430. The summed E-state index contributed by atoms with van der Waals surface area (Å²) in [5.74, 6) is 0.935. The van der Waals surface area contributed by atoms with E-state index in [2.05, 4.69) is 26.3 Å². The molecule has 10 heteroatoms. The number of carbonyl (C=O) groups excluding carboxylic acids is 1. The van der Waals surface area contributed by atoms with Crippen molar-refractivity contribution in [3.8, 4) is 11.5 Å². The van der Waals surface area contributed by atoms with Crippen molar-refractivity contribution in [2.75, 3.05) is 5.32 Å². The number of carbonyl (C=O) groups is 1. The Morgan fingerprint density at radius 3 is 2.60 bits per heavy atom. The van der Waals surface area contributed by atoms with Crippen molar-refractivity contribution >= 4 is 33.2 Å². The van der Waals surface area contributed by atoms with E-state index in [4.69, 9.17) is 9.47 Å². The van der Waals surface area contributed by atoms with E-state index in [0.717, 1.165) is 10.0 Å². The van der Waals surface area contributed by atoms with Crippen LogP contribution in [-0.2, 0) is 13.3 Å². The maximum atomic E-state index is 12.7. The van der Waals surface area contributed by atoms with Crippen LogP contribution in [0.4, 0.5) is 11.4 Å². The number of benzene rings is 3. The molecule has 0 atom stereocenters. The van der Waals surface area contributed by atoms with Gasteiger partial charge < -0.3 is 14.8 Å². The number of aryl methyl sites for hydroxylation is 1. The third kappa shape index (κ3) is 6.45. The molecule has 1 heterocycles. The van der Waals surface area contributed by atoms with Crippen LogP contribution in [0.5, 0.6) is 11.5 Å². The number of nitrogens with one attached hydrogen (secondary N) is 1. The fraction of sp³-hybridized carbons (Fsp3) is 0.120. The number of ether oxygens (including phenoxy) is 2. The highest BCUT2D eigenvalue weighted by Gasteiger charge is 2.12. The smallest absolute Gasteiger partial charge is 0.272 e. The molecule has 1 amide bonds. The van der Waals surface area contributed by atoms with Crippen LogP contribution in [-0.4, -0.2) is 20.6 Å². The Hall–Kier alpha value is -4.18. The van der Waals surface area contributed by atoms with Crippen molar-refractivity contribution in [3.63, 3.8) is 0 Å². The van der Waals surface area contributed by atoms with Gasteiger partial charge in [-0.3, -0.25) is 14.9 Å². The van der Waals surface area contributed by atoms with E-state index in [1.807, 2.05) is 30.3 Å². The Morgan fingerprint density at radius 2 is 1.86 bits per heavy atom. The van der Waals surface area contributed by atoms with Gasteiger partial charge >= 0.3 is 0 Å². The summed E-state index contributed by atoms with van der Waals surface area (Å²) in [6.45, 7) is 2.07. The number of hydrogen-bond acceptors (Lipinski definition) is 6. The standard InChI is InChI=1S/C25H21BrN4O5/c1-17-11-23(9-10-24(17)30(32)33)34-15-18-3-2-4-19(12-18)25(31)28-21-13-27-29(14-21)16-35-22-7-5-20(26)6-8-22/h2-14H,15-16H2,1H3,(H,28,31). The number of nitro benzene ring substituents is 1. The van der Waals surface area contributed by atoms with Gasteiger partial charge in [0, 0.05) is 21.7 Å². The van der Waals surface area contributed by atoms with E-state index in [1.165, 1.54) is 6.07 Å². The molecule has 0 aliphatic carbocycles. The number of rotatable bonds is 9. The van der Waals surface area contributed by atoms with Crippen molar-refractivity contribution in [1.82, 2.24) is 9.78 Å². The van der Waals surface area contributed by atoms with E-state index in [0.29, 0.717) is 28.3 Å². The summed E-state index contributed by atoms with van der Waals surface area (Å²) in [4.78, 5) is 23.3. The van der Waals surface area contributed by atoms with Gasteiger partial charge in [0.2, 0.25) is 0 Å². The SMILES string of the molecule is Cc1cc(OCc2cccc(C(=O)Nc3cnn(COc4ccc(Br)cc4)c3)c2)ccc1[N+](=O)[O-]. The van der Waals surface area contributed by atoms with Gasteiger partial charge in [0.05, 0.1) is 23.0 Å². The first-order valence-electron chi connectivity index (χ1n) is 10.6. The van der Waals surface area contributed by atoms with Crippen LogP contribution >= 0.6 is 15.9 Å². The summed E-state index contributed by atoms with van der Waals surface area (Å²) in [6.07, 6.45) is 3.23. The first-order valence-corrected chi connectivity index (χ1v) is 11.4. The van der Waals surface area contributed by atoms with Crippen LogP contribution in [0.3, 0.4) is 0 Å². The molecule has 4 rings (SSSR count). The largest absolute Gasteiger partial charge is 0.489 e. The molecule has 1 N–H and O–H groups in total. The Morgan fingerprint density at radius 1 is 1.09 bits per heavy atom. The number of amides is 1. The van der Waals surface area contributed by atoms with Gasteiger partial charge in [-0.25, -0.2) is 4.68 Å². The normalized spacial score (nSPS) is 10.6. The van der Waals surface area contributed by atoms with Gasteiger partial charge in [0.15, 0.2) is 6.73 Å². The van der Waals surface area contributed by atoms with Crippen LogP contribution in [0, 0.1) is 17.0 Å². The van der Waals surface area contributed by atoms with Gasteiger partial charge in [-0.1, -0.05) is 28.1 Å². The first kappa shape index (κ1) is 24.0. The number of hydrogen-bond donors (Lipinski definition) is 1. The maximum Gasteiger partial charge on any atom is 0.272 e. The summed E-state index contributed by atoms with van der Waals surface area (Å²) >= 11 is 3.38. The second-order valence-corrected chi connectivity index (χ2v) is 8.56. The molecule has 3 aromatic carbocycles. The van der Waals surface area contributed by atoms with Gasteiger partial charge in [-0.2, -0.15) is 5.10 Å². The van der Waals surface area contributed by atoms with Gasteiger partial charge in [-0.15, -0.1) is 0 Å². The summed E-state index contributed by atoms with van der Waals surface area (Å²) in [6, 6.07) is 19.1. The minimum Gasteiger partial charge on any atom is -0.489 e.